The van der Waals surface area contributed by atoms with E-state index in [1.165, 1.54) is 14.2 Å². The molecule has 0 bridgehead atoms. The minimum Gasteiger partial charge on any atom is -0.453 e. The monoisotopic (exact) mass is 791 g/mol. The molecule has 292 valence electrons. The van der Waals surface area contributed by atoms with Crippen molar-refractivity contribution in [3.8, 4) is 11.1 Å². The van der Waals surface area contributed by atoms with Crippen LogP contribution in [0.15, 0.2) is 42.5 Å². The van der Waals surface area contributed by atoms with Crippen molar-refractivity contribution >= 4 is 87.1 Å². The van der Waals surface area contributed by atoms with Gasteiger partial charge in [-0.1, -0.05) is 45.9 Å². The second kappa shape index (κ2) is 19.8. The lowest BCUT2D eigenvalue weighted by Gasteiger charge is -2.29. The Bertz CT molecular complexity index is 1740. The van der Waals surface area contributed by atoms with Crippen LogP contribution in [0, 0.1) is 17.8 Å². The van der Waals surface area contributed by atoms with Crippen molar-refractivity contribution in [1.82, 2.24) is 30.4 Å². The average Bonchev–Trinajstić information content (AvgIpc) is 3.88. The number of rotatable bonds is 10. The number of benzene rings is 2. The fraction of sp³-hybridized carbons (Fsp3) is 0.500. The Morgan fingerprint density at radius 1 is 0.792 bits per heavy atom. The number of nitrogens with zero attached hydrogens (tertiary/aromatic N) is 3. The molecule has 53 heavy (non-hydrogen) atoms. The molecular weight excluding hydrogens is 739 g/mol. The maximum atomic E-state index is 13.5. The Labute approximate surface area is 331 Å². The summed E-state index contributed by atoms with van der Waals surface area (Å²) in [6.07, 6.45) is 0.810. The zero-order chi connectivity index (χ0) is 36.1. The van der Waals surface area contributed by atoms with Gasteiger partial charge in [0.25, 0.3) is 0 Å². The number of methoxy groups -OCH3 is 2. The molecule has 0 saturated carbocycles. The molecule has 2 fully saturated rings. The highest BCUT2D eigenvalue weighted by Gasteiger charge is 2.38. The third kappa shape index (κ3) is 10.5. The number of likely N-dealkylation sites (tertiary alicyclic amines) is 2. The van der Waals surface area contributed by atoms with E-state index in [-0.39, 0.29) is 88.5 Å². The number of nitrogens with one attached hydrogen (secondary N) is 4. The first kappa shape index (κ1) is 45.1. The highest BCUT2D eigenvalue weighted by molar-refractivity contribution is 7.59. The van der Waals surface area contributed by atoms with Gasteiger partial charge in [-0.2, -0.15) is 40.5 Å². The lowest BCUT2D eigenvalue weighted by Crippen LogP contribution is -2.51. The zero-order valence-electron chi connectivity index (χ0n) is 30.9. The molecule has 3 heterocycles. The van der Waals surface area contributed by atoms with Crippen molar-refractivity contribution < 1.29 is 33.4 Å². The molecule has 5 rings (SSSR count). The van der Waals surface area contributed by atoms with Gasteiger partial charge in [0.05, 0.1) is 37.2 Å². The summed E-state index contributed by atoms with van der Waals surface area (Å²) in [6, 6.07) is 11.8. The number of aromatic amines is 1. The molecule has 0 radical (unpaired) electrons. The largest absolute Gasteiger partial charge is 0.453 e. The normalized spacial score (nSPS) is 17.6. The average molecular weight is 792 g/mol. The Morgan fingerprint density at radius 2 is 1.38 bits per heavy atom. The molecular formula is C36H53N7O7S3. The Hall–Kier alpha value is -4.09. The summed E-state index contributed by atoms with van der Waals surface area (Å²) in [4.78, 5) is 75.1. The van der Waals surface area contributed by atoms with Gasteiger partial charge in [-0.3, -0.25) is 14.4 Å². The molecule has 5 amide bonds. The van der Waals surface area contributed by atoms with Gasteiger partial charge in [-0.15, -0.1) is 0 Å². The number of hydrogen-bond donors (Lipinski definition) is 4. The van der Waals surface area contributed by atoms with Crippen molar-refractivity contribution in [2.24, 2.45) is 17.8 Å². The summed E-state index contributed by atoms with van der Waals surface area (Å²) in [5, 5.41) is 8.26. The van der Waals surface area contributed by atoms with Crippen molar-refractivity contribution in [3.63, 3.8) is 0 Å². The molecule has 0 aliphatic carbocycles. The van der Waals surface area contributed by atoms with Crippen LogP contribution in [-0.4, -0.2) is 95.6 Å². The number of alkyl carbamates (subject to hydrolysis) is 2. The Kier molecular flexibility index (Phi) is 16.9. The summed E-state index contributed by atoms with van der Waals surface area (Å²) in [6.45, 7) is 8.74. The van der Waals surface area contributed by atoms with Crippen LogP contribution in [0.2, 0.25) is 0 Å². The predicted octanol–water partition coefficient (Wildman–Crippen LogP) is 4.78. The second-order valence-electron chi connectivity index (χ2n) is 13.6. The summed E-state index contributed by atoms with van der Waals surface area (Å²) < 4.78 is 9.41. The van der Waals surface area contributed by atoms with E-state index in [9.17, 15) is 24.0 Å². The number of fused-ring (bicyclic) bond motifs is 1. The fourth-order valence-electron chi connectivity index (χ4n) is 6.62. The smallest absolute Gasteiger partial charge is 0.407 e. The van der Waals surface area contributed by atoms with Crippen LogP contribution in [-0.2, 0) is 23.9 Å². The van der Waals surface area contributed by atoms with E-state index in [1.54, 1.807) is 9.80 Å². The van der Waals surface area contributed by atoms with Gasteiger partial charge in [0.1, 0.15) is 17.9 Å². The number of amides is 5. The van der Waals surface area contributed by atoms with E-state index in [0.717, 1.165) is 35.0 Å². The summed E-state index contributed by atoms with van der Waals surface area (Å²) in [5.41, 5.74) is 4.17. The van der Waals surface area contributed by atoms with Gasteiger partial charge in [0, 0.05) is 25.3 Å². The van der Waals surface area contributed by atoms with Gasteiger partial charge in [0.15, 0.2) is 0 Å². The molecule has 2 aliphatic heterocycles. The number of ether oxygens (including phenoxy) is 2. The first-order valence-corrected chi connectivity index (χ1v) is 17.1. The quantitative estimate of drug-likeness (QED) is 0.227. The number of H-pyrrole nitrogens is 1. The molecule has 2 aliphatic rings. The third-order valence-electron chi connectivity index (χ3n) is 9.49. The molecule has 4 N–H and O–H groups in total. The summed E-state index contributed by atoms with van der Waals surface area (Å²) in [5.74, 6) is -0.479. The number of carbonyl (C=O) groups excluding carboxylic acids is 5. The van der Waals surface area contributed by atoms with Crippen LogP contribution in [0.4, 0.5) is 15.3 Å². The predicted molar refractivity (Wildman–Crippen MR) is 218 cm³/mol. The van der Waals surface area contributed by atoms with Crippen LogP contribution in [0.5, 0.6) is 0 Å². The molecule has 2 aromatic carbocycles. The van der Waals surface area contributed by atoms with Crippen LogP contribution in [0.1, 0.15) is 58.8 Å². The van der Waals surface area contributed by atoms with Crippen LogP contribution in [0.3, 0.4) is 0 Å². The van der Waals surface area contributed by atoms with E-state index in [2.05, 4.69) is 25.7 Å². The Balaban J connectivity index is 0.00000324. The fourth-order valence-corrected chi connectivity index (χ4v) is 6.62. The standard InChI is InChI=1S/C36H47N7O7.3H2S/c1-20(2)29(40-35(47)49-5)33(45)42-17-15-24(19-42)32(44)37-25-12-9-22(10-13-25)23-11-14-26-27(18-23)39-31(38-26)28-8-7-16-43(28)34(46)30(21(3)4)41-36(48)50-6;;;/h9-14,18,20-21,24,28-30H,7-8,15-17,19H2,1-6H3,(H,37,44)(H,38,39)(H,40,47)(H,41,48);3*1H2/t24?,28-,29-,30-;;;/m0.../s1. The molecule has 1 aromatic heterocycles. The number of carbonyl (C=O) groups is 5. The number of imidazole rings is 1. The van der Waals surface area contributed by atoms with E-state index < -0.39 is 24.3 Å². The maximum Gasteiger partial charge on any atom is 0.407 e. The van der Waals surface area contributed by atoms with E-state index in [4.69, 9.17) is 9.72 Å². The first-order chi connectivity index (χ1) is 23.9. The Morgan fingerprint density at radius 3 is 1.96 bits per heavy atom. The molecule has 2 saturated heterocycles. The van der Waals surface area contributed by atoms with Gasteiger partial charge in [-0.05, 0) is 66.5 Å². The lowest BCUT2D eigenvalue weighted by atomic mass is 10.0. The molecule has 1 unspecified atom stereocenters. The first-order valence-electron chi connectivity index (χ1n) is 17.1. The third-order valence-corrected chi connectivity index (χ3v) is 9.49. The number of hydrogen-bond acceptors (Lipinski definition) is 8. The van der Waals surface area contributed by atoms with E-state index >= 15 is 0 Å². The van der Waals surface area contributed by atoms with Crippen LogP contribution < -0.4 is 16.0 Å². The van der Waals surface area contributed by atoms with Crippen LogP contribution >= 0.6 is 40.5 Å². The van der Waals surface area contributed by atoms with Crippen LogP contribution in [0.25, 0.3) is 22.2 Å². The minimum atomic E-state index is -0.731. The topological polar surface area (TPSA) is 175 Å². The molecule has 3 aromatic rings. The van der Waals surface area contributed by atoms with Gasteiger partial charge < -0.3 is 40.2 Å². The SMILES string of the molecule is COC(=O)N[C@H](C(=O)N1CCC(C(=O)Nc2ccc(-c3ccc4nc([C@@H]5CCCN5C(=O)[C@@H](NC(=O)OC)C(C)C)[nH]c4c3)cc2)C1)C(C)C.S.S.S. The highest BCUT2D eigenvalue weighted by Crippen LogP contribution is 2.34. The summed E-state index contributed by atoms with van der Waals surface area (Å²) in [7, 11) is 2.53. The molecule has 14 nitrogen and oxygen atoms in total. The molecule has 17 heteroatoms. The van der Waals surface area contributed by atoms with Crippen molar-refractivity contribution in [1.29, 1.82) is 0 Å². The second-order valence-corrected chi connectivity index (χ2v) is 13.6. The van der Waals surface area contributed by atoms with E-state index in [0.29, 0.717) is 31.0 Å². The van der Waals surface area contributed by atoms with Gasteiger partial charge in [-0.25, -0.2) is 14.6 Å². The summed E-state index contributed by atoms with van der Waals surface area (Å²) >= 11 is 0. The lowest BCUT2D eigenvalue weighted by molar-refractivity contribution is -0.135. The van der Waals surface area contributed by atoms with Crippen molar-refractivity contribution in [2.45, 2.75) is 65.1 Å². The number of anilines is 1. The maximum absolute atomic E-state index is 13.5. The molecule has 0 spiro atoms. The number of aromatic nitrogens is 2. The van der Waals surface area contributed by atoms with Crippen molar-refractivity contribution in [3.05, 3.63) is 48.3 Å². The minimum absolute atomic E-state index is 0. The van der Waals surface area contributed by atoms with E-state index in [1.807, 2.05) is 70.2 Å². The zero-order valence-corrected chi connectivity index (χ0v) is 33.9. The van der Waals surface area contributed by atoms with Crippen molar-refractivity contribution in [2.75, 3.05) is 39.2 Å². The van der Waals surface area contributed by atoms with Gasteiger partial charge in [0.2, 0.25) is 17.7 Å². The van der Waals surface area contributed by atoms with Gasteiger partial charge >= 0.3 is 12.2 Å². The highest BCUT2D eigenvalue weighted by atomic mass is 32.1. The molecule has 4 atom stereocenters.